The summed E-state index contributed by atoms with van der Waals surface area (Å²) in [6.45, 7) is 3.39. The van der Waals surface area contributed by atoms with Crippen LogP contribution in [0.1, 0.15) is 20.8 Å². The van der Waals surface area contributed by atoms with Gasteiger partial charge in [0.1, 0.15) is 0 Å². The number of halogens is 2. The molecule has 0 aliphatic rings. The Morgan fingerprint density at radius 1 is 1.17 bits per heavy atom. The van der Waals surface area contributed by atoms with Crippen LogP contribution in [0.4, 0.5) is 8.78 Å². The van der Waals surface area contributed by atoms with Crippen molar-refractivity contribution >= 4 is 10.1 Å². The Morgan fingerprint density at radius 2 is 1.50 bits per heavy atom. The molecule has 0 saturated carbocycles. The van der Waals surface area contributed by atoms with Gasteiger partial charge in [-0.2, -0.15) is 17.2 Å². The molecule has 0 aromatic carbocycles. The molecular formula is C6H12F2O3S. The summed E-state index contributed by atoms with van der Waals surface area (Å²) in [7, 11) is -4.07. The van der Waals surface area contributed by atoms with Crippen molar-refractivity contribution < 1.29 is 21.4 Å². The molecule has 3 nitrogen and oxygen atoms in total. The van der Waals surface area contributed by atoms with Gasteiger partial charge in [0.2, 0.25) is 0 Å². The summed E-state index contributed by atoms with van der Waals surface area (Å²) in [6, 6.07) is 0. The van der Waals surface area contributed by atoms with Gasteiger partial charge in [-0.3, -0.25) is 4.18 Å². The van der Waals surface area contributed by atoms with E-state index in [-0.39, 0.29) is 0 Å². The van der Waals surface area contributed by atoms with Crippen molar-refractivity contribution in [3.8, 4) is 0 Å². The SMILES string of the molecule is COS(=O)(=O)C(F)(F)C(C)(C)C. The molecule has 12 heavy (non-hydrogen) atoms. The minimum atomic E-state index is -4.79. The highest BCUT2D eigenvalue weighted by molar-refractivity contribution is 7.87. The molecule has 0 aliphatic carbocycles. The minimum Gasteiger partial charge on any atom is -0.269 e. The van der Waals surface area contributed by atoms with E-state index in [4.69, 9.17) is 0 Å². The van der Waals surface area contributed by atoms with E-state index in [0.717, 1.165) is 27.9 Å². The first-order valence-corrected chi connectivity index (χ1v) is 4.65. The normalized spacial score (nSPS) is 14.8. The third kappa shape index (κ3) is 1.74. The van der Waals surface area contributed by atoms with Crippen molar-refractivity contribution in [3.05, 3.63) is 0 Å². The molecule has 0 rings (SSSR count). The third-order valence-electron chi connectivity index (χ3n) is 1.41. The quantitative estimate of drug-likeness (QED) is 0.639. The summed E-state index contributed by atoms with van der Waals surface area (Å²) in [5, 5.41) is -3.87. The van der Waals surface area contributed by atoms with Gasteiger partial charge in [0.15, 0.2) is 0 Å². The molecule has 0 N–H and O–H groups in total. The molecule has 0 unspecified atom stereocenters. The van der Waals surface area contributed by atoms with Crippen molar-refractivity contribution in [2.24, 2.45) is 5.41 Å². The Morgan fingerprint density at radius 3 is 1.58 bits per heavy atom. The van der Waals surface area contributed by atoms with Crippen LogP contribution in [-0.2, 0) is 14.3 Å². The molecule has 6 heteroatoms. The summed E-state index contributed by atoms with van der Waals surface area (Å²) in [6.07, 6.45) is 0. The van der Waals surface area contributed by atoms with E-state index in [9.17, 15) is 17.2 Å². The highest BCUT2D eigenvalue weighted by atomic mass is 32.2. The summed E-state index contributed by atoms with van der Waals surface area (Å²) in [4.78, 5) is 0. The van der Waals surface area contributed by atoms with Crippen molar-refractivity contribution in [3.63, 3.8) is 0 Å². The van der Waals surface area contributed by atoms with E-state index in [0.29, 0.717) is 0 Å². The molecule has 0 aromatic heterocycles. The first kappa shape index (κ1) is 11.8. The van der Waals surface area contributed by atoms with E-state index in [2.05, 4.69) is 4.18 Å². The van der Waals surface area contributed by atoms with Gasteiger partial charge < -0.3 is 0 Å². The van der Waals surface area contributed by atoms with Gasteiger partial charge >= 0.3 is 15.4 Å². The van der Waals surface area contributed by atoms with Gasteiger partial charge in [-0.25, -0.2) is 0 Å². The zero-order chi connectivity index (χ0) is 10.2. The fourth-order valence-electron chi connectivity index (χ4n) is 0.480. The number of alkyl halides is 2. The Balaban J connectivity index is 5.14. The van der Waals surface area contributed by atoms with Crippen LogP contribution < -0.4 is 0 Å². The second-order valence-electron chi connectivity index (χ2n) is 3.39. The number of rotatable bonds is 2. The topological polar surface area (TPSA) is 43.4 Å². The fourth-order valence-corrected chi connectivity index (χ4v) is 1.44. The van der Waals surface area contributed by atoms with Crippen molar-refractivity contribution in [2.75, 3.05) is 7.11 Å². The monoisotopic (exact) mass is 202 g/mol. The predicted molar refractivity (Wildman–Crippen MR) is 40.3 cm³/mol. The Labute approximate surface area is 70.8 Å². The Bertz CT molecular complexity index is 250. The summed E-state index contributed by atoms with van der Waals surface area (Å²) in [5.74, 6) is 0. The van der Waals surface area contributed by atoms with Crippen molar-refractivity contribution in [1.82, 2.24) is 0 Å². The molecule has 0 bridgehead atoms. The van der Waals surface area contributed by atoms with Gasteiger partial charge in [-0.15, -0.1) is 0 Å². The molecule has 0 spiro atoms. The fraction of sp³-hybridized carbons (Fsp3) is 1.00. The predicted octanol–water partition coefficient (Wildman–Crippen LogP) is 1.60. The third-order valence-corrected chi connectivity index (χ3v) is 3.09. The maximum absolute atomic E-state index is 13.0. The largest absolute Gasteiger partial charge is 0.374 e. The van der Waals surface area contributed by atoms with Crippen LogP contribution >= 0.6 is 0 Å². The van der Waals surface area contributed by atoms with Crippen molar-refractivity contribution in [2.45, 2.75) is 26.0 Å². The van der Waals surface area contributed by atoms with Gasteiger partial charge in [-0.1, -0.05) is 20.8 Å². The molecule has 74 valence electrons. The van der Waals surface area contributed by atoms with E-state index in [1.807, 2.05) is 0 Å². The van der Waals surface area contributed by atoms with Gasteiger partial charge in [0, 0.05) is 5.41 Å². The molecule has 0 amide bonds. The second-order valence-corrected chi connectivity index (χ2v) is 5.14. The lowest BCUT2D eigenvalue weighted by molar-refractivity contribution is -0.0250. The number of hydrogen-bond acceptors (Lipinski definition) is 3. The van der Waals surface area contributed by atoms with Crippen LogP contribution in [0.3, 0.4) is 0 Å². The zero-order valence-electron chi connectivity index (χ0n) is 7.39. The Kier molecular flexibility index (Phi) is 2.86. The smallest absolute Gasteiger partial charge is 0.269 e. The first-order valence-electron chi connectivity index (χ1n) is 3.24. The Hall–Kier alpha value is -0.230. The van der Waals surface area contributed by atoms with Gasteiger partial charge in [0.05, 0.1) is 7.11 Å². The highest BCUT2D eigenvalue weighted by Gasteiger charge is 2.55. The average molecular weight is 202 g/mol. The number of hydrogen-bond donors (Lipinski definition) is 0. The summed E-state index contributed by atoms with van der Waals surface area (Å²) >= 11 is 0. The zero-order valence-corrected chi connectivity index (χ0v) is 8.21. The molecule has 0 heterocycles. The lowest BCUT2D eigenvalue weighted by Crippen LogP contribution is -2.42. The van der Waals surface area contributed by atoms with E-state index >= 15 is 0 Å². The molecule has 0 saturated heterocycles. The maximum atomic E-state index is 13.0. The van der Waals surface area contributed by atoms with Crippen LogP contribution in [0.2, 0.25) is 0 Å². The molecule has 0 fully saturated rings. The minimum absolute atomic E-state index is 0.717. The molecule has 0 atom stereocenters. The molecule has 0 aromatic rings. The van der Waals surface area contributed by atoms with Crippen LogP contribution in [0, 0.1) is 5.41 Å². The second kappa shape index (κ2) is 2.92. The first-order chi connectivity index (χ1) is 5.06. The summed E-state index contributed by atoms with van der Waals surface area (Å²) in [5.41, 5.74) is -1.66. The maximum Gasteiger partial charge on any atom is 0.374 e. The van der Waals surface area contributed by atoms with Gasteiger partial charge in [0.25, 0.3) is 0 Å². The van der Waals surface area contributed by atoms with Crippen LogP contribution in [-0.4, -0.2) is 20.8 Å². The molecule has 0 aliphatic heterocycles. The van der Waals surface area contributed by atoms with Crippen molar-refractivity contribution in [1.29, 1.82) is 0 Å². The lowest BCUT2D eigenvalue weighted by atomic mass is 9.98. The standard InChI is InChI=1S/C6H12F2O3S/c1-5(2,3)6(7,8)12(9,10)11-4/h1-4H3. The van der Waals surface area contributed by atoms with E-state index < -0.39 is 20.8 Å². The lowest BCUT2D eigenvalue weighted by Gasteiger charge is -2.28. The highest BCUT2D eigenvalue weighted by Crippen LogP contribution is 2.40. The van der Waals surface area contributed by atoms with E-state index in [1.165, 1.54) is 0 Å². The van der Waals surface area contributed by atoms with E-state index in [1.54, 1.807) is 0 Å². The van der Waals surface area contributed by atoms with Gasteiger partial charge in [-0.05, 0) is 0 Å². The molecule has 0 radical (unpaired) electrons. The van der Waals surface area contributed by atoms with Crippen LogP contribution in [0.5, 0.6) is 0 Å². The summed E-state index contributed by atoms with van der Waals surface area (Å²) < 4.78 is 51.1. The van der Waals surface area contributed by atoms with Crippen LogP contribution in [0.15, 0.2) is 0 Å². The average Bonchev–Trinajstić information content (AvgIpc) is 1.85. The van der Waals surface area contributed by atoms with Crippen LogP contribution in [0.25, 0.3) is 0 Å². The molecular weight excluding hydrogens is 190 g/mol.